The fraction of sp³-hybridized carbons (Fsp3) is 0.483. The zero-order valence-corrected chi connectivity index (χ0v) is 23.9. The van der Waals surface area contributed by atoms with Gasteiger partial charge in [-0.15, -0.1) is 0 Å². The third-order valence-corrected chi connectivity index (χ3v) is 11.8. The number of esters is 2. The van der Waals surface area contributed by atoms with E-state index in [-0.39, 0.29) is 38.2 Å². The van der Waals surface area contributed by atoms with Crippen molar-refractivity contribution in [2.75, 3.05) is 13.2 Å². The highest BCUT2D eigenvalue weighted by Gasteiger charge is 2.52. The smallest absolute Gasteiger partial charge is 0.355 e. The lowest BCUT2D eigenvalue weighted by Gasteiger charge is -2.38. The van der Waals surface area contributed by atoms with E-state index in [2.05, 4.69) is 55.8 Å². The lowest BCUT2D eigenvalue weighted by atomic mass is 9.79. The van der Waals surface area contributed by atoms with Crippen molar-refractivity contribution in [3.8, 4) is 0 Å². The summed E-state index contributed by atoms with van der Waals surface area (Å²) in [7, 11) is -1.70. The van der Waals surface area contributed by atoms with Gasteiger partial charge < -0.3 is 24.9 Å². The van der Waals surface area contributed by atoms with E-state index in [4.69, 9.17) is 20.2 Å². The Balaban J connectivity index is 1.64. The number of nitrogens with zero attached hydrogens (tertiary/aromatic N) is 2. The number of nitrogens with two attached hydrogens (primary N) is 1. The fourth-order valence-electron chi connectivity index (χ4n) is 6.53. The zero-order chi connectivity index (χ0) is 27.4. The average molecular weight is 536 g/mol. The van der Waals surface area contributed by atoms with Gasteiger partial charge in [0.15, 0.2) is 0 Å². The highest BCUT2D eigenvalue weighted by Crippen LogP contribution is 2.39. The molecule has 8 nitrogen and oxygen atoms in total. The van der Waals surface area contributed by atoms with Gasteiger partial charge in [0.25, 0.3) is 0 Å². The fourth-order valence-corrected chi connectivity index (χ4v) is 10.4. The summed E-state index contributed by atoms with van der Waals surface area (Å²) in [6, 6.07) is 7.73. The Morgan fingerprint density at radius 2 is 2.11 bits per heavy atom. The molecule has 0 bridgehead atoms. The molecular weight excluding hydrogens is 498 g/mol. The van der Waals surface area contributed by atoms with Gasteiger partial charge in [0.05, 0.1) is 26.7 Å². The molecule has 3 aliphatic rings. The average Bonchev–Trinajstić information content (AvgIpc) is 3.21. The standard InChI is InChI=1S/C29H37N3O5Si/c1-6-29(37-25(33)10-11-30)21-13-22-26(27(34)20(21)15-36-28(29)35)32-14-19-18(12-24(32)31-22)8-7-9-23(19)38(4,5)16-17(2)3/h7-9,12,17,34H,6,10-11,13-16,30H2,1-5H3. The summed E-state index contributed by atoms with van der Waals surface area (Å²) in [5, 5.41) is 13.7. The van der Waals surface area contributed by atoms with E-state index in [1.54, 1.807) is 6.92 Å². The van der Waals surface area contributed by atoms with Crippen LogP contribution in [-0.2, 0) is 32.0 Å². The van der Waals surface area contributed by atoms with Crippen LogP contribution in [0.2, 0.25) is 19.1 Å². The predicted molar refractivity (Wildman–Crippen MR) is 148 cm³/mol. The number of aliphatic hydroxyl groups excluding tert-OH is 1. The number of rotatable bonds is 7. The summed E-state index contributed by atoms with van der Waals surface area (Å²) >= 11 is 0. The van der Waals surface area contributed by atoms with Crippen LogP contribution < -0.4 is 21.7 Å². The summed E-state index contributed by atoms with van der Waals surface area (Å²) < 4.78 is 13.3. The Bertz CT molecular complexity index is 1490. The molecule has 0 spiro atoms. The Hall–Kier alpha value is -3.17. The molecule has 0 amide bonds. The minimum absolute atomic E-state index is 0.0105. The maximum Gasteiger partial charge on any atom is 0.355 e. The topological polar surface area (TPSA) is 117 Å². The number of carbonyl (C=O) groups is 2. The van der Waals surface area contributed by atoms with Crippen molar-refractivity contribution < 1.29 is 24.2 Å². The minimum Gasteiger partial charge on any atom is -0.505 e. The molecule has 3 N–H and O–H groups in total. The Kier molecular flexibility index (Phi) is 6.63. The van der Waals surface area contributed by atoms with Crippen molar-refractivity contribution in [3.05, 3.63) is 57.0 Å². The molecular formula is C29H37N3O5Si. The van der Waals surface area contributed by atoms with Gasteiger partial charge in [-0.1, -0.05) is 63.3 Å². The van der Waals surface area contributed by atoms with E-state index in [0.29, 0.717) is 34.7 Å². The van der Waals surface area contributed by atoms with Crippen LogP contribution in [0.5, 0.6) is 0 Å². The van der Waals surface area contributed by atoms with Crippen LogP contribution in [0.15, 0.2) is 29.3 Å². The summed E-state index contributed by atoms with van der Waals surface area (Å²) in [6.07, 6.45) is 2.55. The Labute approximate surface area is 223 Å². The number of benzene rings is 1. The first-order valence-electron chi connectivity index (χ1n) is 13.5. The van der Waals surface area contributed by atoms with Crippen molar-refractivity contribution >= 4 is 37.0 Å². The molecule has 2 aromatic rings. The van der Waals surface area contributed by atoms with E-state index >= 15 is 0 Å². The lowest BCUT2D eigenvalue weighted by molar-refractivity contribution is -0.180. The number of aliphatic hydroxyl groups is 1. The summed E-state index contributed by atoms with van der Waals surface area (Å²) in [5.74, 6) is -0.538. The Morgan fingerprint density at radius 1 is 1.34 bits per heavy atom. The van der Waals surface area contributed by atoms with Crippen molar-refractivity contribution in [1.82, 2.24) is 9.55 Å². The van der Waals surface area contributed by atoms with Gasteiger partial charge in [0.1, 0.15) is 23.2 Å². The summed E-state index contributed by atoms with van der Waals surface area (Å²) in [5.41, 5.74) is 8.88. The SMILES string of the molecule is CCC1(OC(=O)CCN)C(=O)OCC2=C1Cc1nc3n(c1=C2O)Cc1c(cccc1[Si](C)(C)CC(C)C)C=3. The second-order valence-corrected chi connectivity index (χ2v) is 16.3. The van der Waals surface area contributed by atoms with Crippen molar-refractivity contribution in [1.29, 1.82) is 0 Å². The van der Waals surface area contributed by atoms with Crippen LogP contribution in [0.4, 0.5) is 0 Å². The van der Waals surface area contributed by atoms with Crippen molar-refractivity contribution in [3.63, 3.8) is 0 Å². The number of imidazole rings is 1. The molecule has 0 saturated heterocycles. The monoisotopic (exact) mass is 535 g/mol. The number of cyclic esters (lactones) is 1. The van der Waals surface area contributed by atoms with Gasteiger partial charge in [-0.2, -0.15) is 0 Å². The van der Waals surface area contributed by atoms with Gasteiger partial charge in [0, 0.05) is 24.1 Å². The number of carbonyl (C=O) groups excluding carboxylic acids is 2. The maximum atomic E-state index is 13.0. The molecule has 1 aromatic carbocycles. The van der Waals surface area contributed by atoms with Gasteiger partial charge in [-0.25, -0.2) is 9.78 Å². The number of hydrogen-bond acceptors (Lipinski definition) is 7. The molecule has 0 radical (unpaired) electrons. The van der Waals surface area contributed by atoms with E-state index in [0.717, 1.165) is 11.0 Å². The van der Waals surface area contributed by atoms with E-state index in [9.17, 15) is 14.7 Å². The maximum absolute atomic E-state index is 13.0. The third-order valence-electron chi connectivity index (χ3n) is 8.05. The molecule has 5 rings (SSSR count). The van der Waals surface area contributed by atoms with Gasteiger partial charge in [0.2, 0.25) is 5.60 Å². The quantitative estimate of drug-likeness (QED) is 0.350. The summed E-state index contributed by atoms with van der Waals surface area (Å²) in [6.45, 7) is 11.8. The van der Waals surface area contributed by atoms with Gasteiger partial charge in [-0.05, 0) is 29.5 Å². The molecule has 1 aliphatic carbocycles. The molecule has 2 aliphatic heterocycles. The second-order valence-electron chi connectivity index (χ2n) is 11.6. The second kappa shape index (κ2) is 9.54. The van der Waals surface area contributed by atoms with Crippen molar-refractivity contribution in [2.45, 2.75) is 71.3 Å². The third kappa shape index (κ3) is 4.12. The van der Waals surface area contributed by atoms with Crippen LogP contribution in [-0.4, -0.2) is 53.4 Å². The number of fused-ring (bicyclic) bond motifs is 4. The highest BCUT2D eigenvalue weighted by molar-refractivity contribution is 6.90. The minimum atomic E-state index is -1.70. The molecule has 9 heteroatoms. The largest absolute Gasteiger partial charge is 0.505 e. The van der Waals surface area contributed by atoms with Crippen molar-refractivity contribution in [2.24, 2.45) is 11.7 Å². The summed E-state index contributed by atoms with van der Waals surface area (Å²) in [4.78, 5) is 30.4. The molecule has 0 fully saturated rings. The lowest BCUT2D eigenvalue weighted by Crippen LogP contribution is -2.52. The predicted octanol–water partition coefficient (Wildman–Crippen LogP) is 1.76. The van der Waals surface area contributed by atoms with Crippen LogP contribution in [0, 0.1) is 5.92 Å². The molecule has 202 valence electrons. The molecule has 1 unspecified atom stereocenters. The van der Waals surface area contributed by atoms with Crippen LogP contribution in [0.25, 0.3) is 11.8 Å². The van der Waals surface area contributed by atoms with E-state index in [1.165, 1.54) is 16.8 Å². The van der Waals surface area contributed by atoms with Crippen LogP contribution in [0.1, 0.15) is 50.4 Å². The Morgan fingerprint density at radius 3 is 2.79 bits per heavy atom. The molecule has 1 aromatic heterocycles. The van der Waals surface area contributed by atoms with Crippen LogP contribution in [0.3, 0.4) is 0 Å². The first-order chi connectivity index (χ1) is 18.0. The zero-order valence-electron chi connectivity index (χ0n) is 22.9. The molecule has 38 heavy (non-hydrogen) atoms. The first kappa shape index (κ1) is 26.4. The number of aromatic nitrogens is 2. The van der Waals surface area contributed by atoms with Gasteiger partial charge >= 0.3 is 11.9 Å². The van der Waals surface area contributed by atoms with E-state index < -0.39 is 25.6 Å². The molecule has 3 heterocycles. The molecule has 1 atom stereocenters. The molecule has 0 saturated carbocycles. The first-order valence-corrected chi connectivity index (χ1v) is 16.7. The van der Waals surface area contributed by atoms with Crippen LogP contribution >= 0.6 is 0 Å². The van der Waals surface area contributed by atoms with E-state index in [1.807, 2.05) is 0 Å². The number of ether oxygens (including phenoxy) is 2. The highest BCUT2D eigenvalue weighted by atomic mass is 28.3. The number of hydrogen-bond donors (Lipinski definition) is 2. The van der Waals surface area contributed by atoms with Gasteiger partial charge in [-0.3, -0.25) is 4.79 Å². The normalized spacial score (nSPS) is 20.3.